The zero-order valence-corrected chi connectivity index (χ0v) is 13.6. The molecular formula is C17H29N3O. The largest absolute Gasteiger partial charge is 0.377 e. The number of pyridine rings is 1. The number of rotatable bonds is 7. The average molecular weight is 291 g/mol. The molecule has 118 valence electrons. The van der Waals surface area contributed by atoms with E-state index in [9.17, 15) is 0 Å². The molecule has 1 fully saturated rings. The van der Waals surface area contributed by atoms with Gasteiger partial charge in [0, 0.05) is 32.4 Å². The summed E-state index contributed by atoms with van der Waals surface area (Å²) < 4.78 is 5.75. The number of anilines is 1. The summed E-state index contributed by atoms with van der Waals surface area (Å²) in [6.07, 6.45) is 4.70. The van der Waals surface area contributed by atoms with Crippen LogP contribution in [0.4, 0.5) is 5.82 Å². The average Bonchev–Trinajstić information content (AvgIpc) is 2.48. The van der Waals surface area contributed by atoms with E-state index >= 15 is 0 Å². The van der Waals surface area contributed by atoms with Gasteiger partial charge in [0.2, 0.25) is 0 Å². The molecule has 0 amide bonds. The van der Waals surface area contributed by atoms with E-state index in [1.807, 2.05) is 6.20 Å². The Morgan fingerprint density at radius 2 is 2.29 bits per heavy atom. The van der Waals surface area contributed by atoms with Gasteiger partial charge in [-0.05, 0) is 43.9 Å². The SMILES string of the molecule is CCOC1CCCN(c2ccc(CNCC(C)C)cn2)C1. The standard InChI is InChI=1S/C17H29N3O/c1-4-21-16-6-5-9-20(13-16)17-8-7-15(12-19-17)11-18-10-14(2)3/h7-8,12,14,16,18H,4-6,9-11,13H2,1-3H3. The third-order valence-corrected chi connectivity index (χ3v) is 3.80. The highest BCUT2D eigenvalue weighted by Gasteiger charge is 2.20. The molecule has 2 heterocycles. The molecule has 0 saturated carbocycles. The van der Waals surface area contributed by atoms with Crippen LogP contribution in [0.25, 0.3) is 0 Å². The Bertz CT molecular complexity index is 403. The van der Waals surface area contributed by atoms with Crippen LogP contribution in [0, 0.1) is 5.92 Å². The fourth-order valence-corrected chi connectivity index (χ4v) is 2.73. The molecule has 1 unspecified atom stereocenters. The summed E-state index contributed by atoms with van der Waals surface area (Å²) in [5.74, 6) is 1.76. The van der Waals surface area contributed by atoms with Gasteiger partial charge in [-0.3, -0.25) is 0 Å². The van der Waals surface area contributed by atoms with Crippen LogP contribution in [0.3, 0.4) is 0 Å². The lowest BCUT2D eigenvalue weighted by molar-refractivity contribution is 0.0525. The van der Waals surface area contributed by atoms with Crippen LogP contribution in [-0.4, -0.2) is 37.3 Å². The summed E-state index contributed by atoms with van der Waals surface area (Å²) in [5, 5.41) is 3.45. The van der Waals surface area contributed by atoms with E-state index in [0.29, 0.717) is 12.0 Å². The van der Waals surface area contributed by atoms with Crippen LogP contribution in [0.5, 0.6) is 0 Å². The van der Waals surface area contributed by atoms with Gasteiger partial charge in [0.1, 0.15) is 5.82 Å². The minimum atomic E-state index is 0.359. The normalized spacial score (nSPS) is 19.2. The number of nitrogens with zero attached hydrogens (tertiary/aromatic N) is 2. The molecule has 2 rings (SSSR count). The molecule has 1 aromatic rings. The maximum Gasteiger partial charge on any atom is 0.128 e. The van der Waals surface area contributed by atoms with E-state index in [1.165, 1.54) is 18.4 Å². The monoisotopic (exact) mass is 291 g/mol. The van der Waals surface area contributed by atoms with Crippen molar-refractivity contribution < 1.29 is 4.74 Å². The van der Waals surface area contributed by atoms with Gasteiger partial charge in [-0.25, -0.2) is 4.98 Å². The highest BCUT2D eigenvalue weighted by atomic mass is 16.5. The molecule has 1 N–H and O–H groups in total. The van der Waals surface area contributed by atoms with E-state index < -0.39 is 0 Å². The van der Waals surface area contributed by atoms with Crippen LogP contribution < -0.4 is 10.2 Å². The molecule has 0 bridgehead atoms. The summed E-state index contributed by atoms with van der Waals surface area (Å²) in [4.78, 5) is 6.97. The topological polar surface area (TPSA) is 37.4 Å². The second-order valence-corrected chi connectivity index (χ2v) is 6.21. The number of nitrogens with one attached hydrogen (secondary N) is 1. The first-order valence-corrected chi connectivity index (χ1v) is 8.21. The van der Waals surface area contributed by atoms with Crippen molar-refractivity contribution in [3.8, 4) is 0 Å². The number of hydrogen-bond donors (Lipinski definition) is 1. The number of ether oxygens (including phenoxy) is 1. The molecular weight excluding hydrogens is 262 g/mol. The van der Waals surface area contributed by atoms with E-state index in [0.717, 1.165) is 38.6 Å². The highest BCUT2D eigenvalue weighted by molar-refractivity contribution is 5.40. The van der Waals surface area contributed by atoms with Gasteiger partial charge in [0.25, 0.3) is 0 Å². The van der Waals surface area contributed by atoms with E-state index in [2.05, 4.69) is 48.1 Å². The van der Waals surface area contributed by atoms with Gasteiger partial charge in [-0.15, -0.1) is 0 Å². The lowest BCUT2D eigenvalue weighted by Gasteiger charge is -2.33. The molecule has 1 atom stereocenters. The van der Waals surface area contributed by atoms with Crippen LogP contribution >= 0.6 is 0 Å². The maximum atomic E-state index is 5.75. The summed E-state index contributed by atoms with van der Waals surface area (Å²) in [7, 11) is 0. The van der Waals surface area contributed by atoms with Crippen molar-refractivity contribution >= 4 is 5.82 Å². The molecule has 21 heavy (non-hydrogen) atoms. The first-order valence-electron chi connectivity index (χ1n) is 8.21. The first kappa shape index (κ1) is 16.2. The quantitative estimate of drug-likeness (QED) is 0.838. The van der Waals surface area contributed by atoms with Crippen molar-refractivity contribution in [3.05, 3.63) is 23.9 Å². The van der Waals surface area contributed by atoms with Gasteiger partial charge in [-0.1, -0.05) is 19.9 Å². The second-order valence-electron chi connectivity index (χ2n) is 6.21. The van der Waals surface area contributed by atoms with Gasteiger partial charge in [0.05, 0.1) is 6.10 Å². The van der Waals surface area contributed by atoms with Crippen molar-refractivity contribution in [2.45, 2.75) is 46.3 Å². The van der Waals surface area contributed by atoms with Crippen molar-refractivity contribution in [3.63, 3.8) is 0 Å². The Labute approximate surface area is 128 Å². The fraction of sp³-hybridized carbons (Fsp3) is 0.706. The molecule has 4 nitrogen and oxygen atoms in total. The van der Waals surface area contributed by atoms with Crippen molar-refractivity contribution in [2.75, 3.05) is 31.1 Å². The molecule has 1 aromatic heterocycles. The Balaban J connectivity index is 1.86. The number of hydrogen-bond acceptors (Lipinski definition) is 4. The van der Waals surface area contributed by atoms with Crippen LogP contribution in [-0.2, 0) is 11.3 Å². The highest BCUT2D eigenvalue weighted by Crippen LogP contribution is 2.19. The van der Waals surface area contributed by atoms with Crippen LogP contribution in [0.1, 0.15) is 39.2 Å². The Morgan fingerprint density at radius 1 is 1.43 bits per heavy atom. The lowest BCUT2D eigenvalue weighted by atomic mass is 10.1. The van der Waals surface area contributed by atoms with Crippen LogP contribution in [0.2, 0.25) is 0 Å². The molecule has 1 aliphatic heterocycles. The van der Waals surface area contributed by atoms with Gasteiger partial charge >= 0.3 is 0 Å². The molecule has 1 aliphatic rings. The predicted molar refractivity (Wildman–Crippen MR) is 87.6 cm³/mol. The molecule has 4 heteroatoms. The summed E-state index contributed by atoms with van der Waals surface area (Å²) in [6, 6.07) is 4.32. The van der Waals surface area contributed by atoms with Crippen molar-refractivity contribution in [1.82, 2.24) is 10.3 Å². The van der Waals surface area contributed by atoms with Gasteiger partial charge in [-0.2, -0.15) is 0 Å². The molecule has 0 spiro atoms. The Morgan fingerprint density at radius 3 is 2.95 bits per heavy atom. The summed E-state index contributed by atoms with van der Waals surface area (Å²) >= 11 is 0. The summed E-state index contributed by atoms with van der Waals surface area (Å²) in [5.41, 5.74) is 1.25. The molecule has 0 radical (unpaired) electrons. The Kier molecular flexibility index (Phi) is 6.46. The third-order valence-electron chi connectivity index (χ3n) is 3.80. The summed E-state index contributed by atoms with van der Waals surface area (Å²) in [6.45, 7) is 11.3. The van der Waals surface area contributed by atoms with Gasteiger partial charge < -0.3 is 15.0 Å². The van der Waals surface area contributed by atoms with E-state index in [-0.39, 0.29) is 0 Å². The maximum absolute atomic E-state index is 5.75. The second kappa shape index (κ2) is 8.35. The number of piperidine rings is 1. The fourth-order valence-electron chi connectivity index (χ4n) is 2.73. The van der Waals surface area contributed by atoms with Gasteiger partial charge in [0.15, 0.2) is 0 Å². The first-order chi connectivity index (χ1) is 10.2. The zero-order valence-electron chi connectivity index (χ0n) is 13.6. The minimum Gasteiger partial charge on any atom is -0.377 e. The van der Waals surface area contributed by atoms with E-state index in [1.54, 1.807) is 0 Å². The number of aromatic nitrogens is 1. The smallest absolute Gasteiger partial charge is 0.128 e. The molecule has 1 saturated heterocycles. The van der Waals surface area contributed by atoms with Crippen molar-refractivity contribution in [2.24, 2.45) is 5.92 Å². The minimum absolute atomic E-state index is 0.359. The zero-order chi connectivity index (χ0) is 15.1. The molecule has 0 aromatic carbocycles. The molecule has 0 aliphatic carbocycles. The lowest BCUT2D eigenvalue weighted by Crippen LogP contribution is -2.40. The Hall–Kier alpha value is -1.13. The predicted octanol–water partition coefficient (Wildman–Crippen LogP) is 2.83. The van der Waals surface area contributed by atoms with E-state index in [4.69, 9.17) is 4.74 Å². The van der Waals surface area contributed by atoms with Crippen LogP contribution in [0.15, 0.2) is 18.3 Å². The van der Waals surface area contributed by atoms with Crippen molar-refractivity contribution in [1.29, 1.82) is 0 Å². The third kappa shape index (κ3) is 5.29.